The molecule has 0 aliphatic rings. The summed E-state index contributed by atoms with van der Waals surface area (Å²) in [5.74, 6) is 0. The van der Waals surface area contributed by atoms with Gasteiger partial charge in [-0.2, -0.15) is 0 Å². The van der Waals surface area contributed by atoms with E-state index < -0.39 is 0 Å². The molecule has 0 aliphatic heterocycles. The molecular formula is C6H10ClN3S. The summed E-state index contributed by atoms with van der Waals surface area (Å²) in [5.41, 5.74) is 0.876. The third kappa shape index (κ3) is 2.39. The molecule has 1 heterocycles. The number of halogens is 1. The molecule has 11 heavy (non-hydrogen) atoms. The van der Waals surface area contributed by atoms with Gasteiger partial charge in [-0.3, -0.25) is 0 Å². The second-order valence-corrected chi connectivity index (χ2v) is 3.68. The maximum Gasteiger partial charge on any atom is 0.138 e. The zero-order chi connectivity index (χ0) is 8.27. The van der Waals surface area contributed by atoms with Crippen molar-refractivity contribution in [2.75, 3.05) is 13.6 Å². The van der Waals surface area contributed by atoms with Gasteiger partial charge in [0.25, 0.3) is 0 Å². The fourth-order valence-electron chi connectivity index (χ4n) is 0.659. The summed E-state index contributed by atoms with van der Waals surface area (Å²) in [7, 11) is 2.02. The van der Waals surface area contributed by atoms with Gasteiger partial charge in [0.1, 0.15) is 10.0 Å². The predicted octanol–water partition coefficient (Wildman–Crippen LogP) is 1.64. The van der Waals surface area contributed by atoms with Crippen molar-refractivity contribution in [2.24, 2.45) is 0 Å². The van der Waals surface area contributed by atoms with Crippen molar-refractivity contribution < 1.29 is 0 Å². The van der Waals surface area contributed by atoms with Crippen molar-refractivity contribution in [3.63, 3.8) is 0 Å². The lowest BCUT2D eigenvalue weighted by Crippen LogP contribution is -2.17. The van der Waals surface area contributed by atoms with Crippen molar-refractivity contribution in [3.05, 3.63) is 10.0 Å². The smallest absolute Gasteiger partial charge is 0.138 e. The van der Waals surface area contributed by atoms with Gasteiger partial charge in [-0.1, -0.05) is 23.0 Å². The fraction of sp³-hybridized carbons (Fsp3) is 0.667. The third-order valence-corrected chi connectivity index (χ3v) is 2.45. The molecule has 0 unspecified atom stereocenters. The van der Waals surface area contributed by atoms with E-state index in [-0.39, 0.29) is 0 Å². The van der Waals surface area contributed by atoms with Gasteiger partial charge in [0.15, 0.2) is 0 Å². The van der Waals surface area contributed by atoms with Crippen LogP contribution in [0, 0.1) is 0 Å². The second-order valence-electron chi connectivity index (χ2n) is 2.32. The quantitative estimate of drug-likeness (QED) is 0.728. The lowest BCUT2D eigenvalue weighted by molar-refractivity contribution is 0.341. The molecule has 0 fully saturated rings. The van der Waals surface area contributed by atoms with E-state index in [1.54, 1.807) is 0 Å². The maximum absolute atomic E-state index is 5.81. The zero-order valence-electron chi connectivity index (χ0n) is 6.54. The van der Waals surface area contributed by atoms with Crippen LogP contribution >= 0.6 is 23.1 Å². The van der Waals surface area contributed by atoms with Crippen LogP contribution in [-0.4, -0.2) is 28.1 Å². The summed E-state index contributed by atoms with van der Waals surface area (Å²) < 4.78 is 4.44. The van der Waals surface area contributed by atoms with E-state index in [9.17, 15) is 0 Å². The Morgan fingerprint density at radius 2 is 2.36 bits per heavy atom. The molecule has 0 amide bonds. The summed E-state index contributed by atoms with van der Waals surface area (Å²) >= 11 is 7.04. The number of aromatic nitrogens is 2. The predicted molar refractivity (Wildman–Crippen MR) is 46.9 cm³/mol. The van der Waals surface area contributed by atoms with Crippen LogP contribution in [0.4, 0.5) is 0 Å². The number of nitrogens with zero attached hydrogens (tertiary/aromatic N) is 3. The van der Waals surface area contributed by atoms with Crippen molar-refractivity contribution in [1.29, 1.82) is 0 Å². The highest BCUT2D eigenvalue weighted by molar-refractivity contribution is 7.10. The Morgan fingerprint density at radius 1 is 1.64 bits per heavy atom. The van der Waals surface area contributed by atoms with Crippen LogP contribution in [0.15, 0.2) is 0 Å². The lowest BCUT2D eigenvalue weighted by atomic mass is 10.4. The average Bonchev–Trinajstić information content (AvgIpc) is 2.37. The van der Waals surface area contributed by atoms with E-state index in [0.717, 1.165) is 18.8 Å². The van der Waals surface area contributed by atoms with Crippen LogP contribution in [0.5, 0.6) is 0 Å². The lowest BCUT2D eigenvalue weighted by Gasteiger charge is -2.10. The zero-order valence-corrected chi connectivity index (χ0v) is 8.11. The summed E-state index contributed by atoms with van der Waals surface area (Å²) in [6.45, 7) is 3.87. The Hall–Kier alpha value is -0.190. The molecule has 0 bridgehead atoms. The van der Waals surface area contributed by atoms with Crippen molar-refractivity contribution in [3.8, 4) is 0 Å². The third-order valence-electron chi connectivity index (χ3n) is 1.47. The van der Waals surface area contributed by atoms with Crippen LogP contribution < -0.4 is 0 Å². The second kappa shape index (κ2) is 3.99. The van der Waals surface area contributed by atoms with Crippen molar-refractivity contribution >= 4 is 23.1 Å². The van der Waals surface area contributed by atoms with E-state index in [1.165, 1.54) is 11.5 Å². The first kappa shape index (κ1) is 8.90. The summed E-state index contributed by atoms with van der Waals surface area (Å²) in [6, 6.07) is 0. The molecule has 0 radical (unpaired) electrons. The van der Waals surface area contributed by atoms with E-state index in [2.05, 4.69) is 21.4 Å². The van der Waals surface area contributed by atoms with Gasteiger partial charge in [-0.25, -0.2) is 0 Å². The standard InChI is InChI=1S/C6H10ClN3S/c1-3-10(2)4-5-6(7)11-9-8-5/h3-4H2,1-2H3. The largest absolute Gasteiger partial charge is 0.301 e. The topological polar surface area (TPSA) is 29.0 Å². The van der Waals surface area contributed by atoms with Crippen LogP contribution in [-0.2, 0) is 6.54 Å². The van der Waals surface area contributed by atoms with Gasteiger partial charge in [0, 0.05) is 18.1 Å². The number of hydrogen-bond donors (Lipinski definition) is 0. The van der Waals surface area contributed by atoms with Crippen LogP contribution in [0.2, 0.25) is 4.34 Å². The molecule has 0 aromatic carbocycles. The molecule has 62 valence electrons. The highest BCUT2D eigenvalue weighted by Gasteiger charge is 2.06. The normalized spacial score (nSPS) is 10.9. The van der Waals surface area contributed by atoms with Crippen LogP contribution in [0.3, 0.4) is 0 Å². The molecule has 0 atom stereocenters. The highest BCUT2D eigenvalue weighted by atomic mass is 35.5. The summed E-state index contributed by atoms with van der Waals surface area (Å²) in [5, 5.41) is 3.90. The van der Waals surface area contributed by atoms with Gasteiger partial charge in [-0.05, 0) is 13.6 Å². The first-order valence-corrected chi connectivity index (χ1v) is 4.54. The first-order valence-electron chi connectivity index (χ1n) is 3.39. The highest BCUT2D eigenvalue weighted by Crippen LogP contribution is 2.17. The maximum atomic E-state index is 5.81. The van der Waals surface area contributed by atoms with Crippen LogP contribution in [0.1, 0.15) is 12.6 Å². The molecule has 0 N–H and O–H groups in total. The number of rotatable bonds is 3. The molecular weight excluding hydrogens is 182 g/mol. The molecule has 0 saturated carbocycles. The SMILES string of the molecule is CCN(C)Cc1nnsc1Cl. The number of hydrogen-bond acceptors (Lipinski definition) is 4. The Morgan fingerprint density at radius 3 is 2.82 bits per heavy atom. The molecule has 0 saturated heterocycles. The van der Waals surface area contributed by atoms with E-state index in [4.69, 9.17) is 11.6 Å². The van der Waals surface area contributed by atoms with Gasteiger partial charge in [-0.15, -0.1) is 5.10 Å². The van der Waals surface area contributed by atoms with Crippen molar-refractivity contribution in [1.82, 2.24) is 14.5 Å². The summed E-state index contributed by atoms with van der Waals surface area (Å²) in [4.78, 5) is 2.13. The van der Waals surface area contributed by atoms with Crippen molar-refractivity contribution in [2.45, 2.75) is 13.5 Å². The van der Waals surface area contributed by atoms with E-state index in [1.807, 2.05) is 7.05 Å². The molecule has 1 rings (SSSR count). The van der Waals surface area contributed by atoms with E-state index in [0.29, 0.717) is 4.34 Å². The monoisotopic (exact) mass is 191 g/mol. The Labute approximate surface area is 75.1 Å². The van der Waals surface area contributed by atoms with Gasteiger partial charge < -0.3 is 4.90 Å². The average molecular weight is 192 g/mol. The Bertz CT molecular complexity index is 225. The van der Waals surface area contributed by atoms with Crippen LogP contribution in [0.25, 0.3) is 0 Å². The Balaban J connectivity index is 2.56. The van der Waals surface area contributed by atoms with Gasteiger partial charge in [0.05, 0.1) is 0 Å². The molecule has 1 aromatic rings. The molecule has 1 aromatic heterocycles. The van der Waals surface area contributed by atoms with Gasteiger partial charge in [0.2, 0.25) is 0 Å². The molecule has 0 spiro atoms. The molecule has 5 heteroatoms. The molecule has 3 nitrogen and oxygen atoms in total. The first-order chi connectivity index (χ1) is 5.24. The summed E-state index contributed by atoms with van der Waals surface area (Å²) in [6.07, 6.45) is 0. The Kier molecular flexibility index (Phi) is 3.23. The minimum atomic E-state index is 0.699. The molecule has 0 aliphatic carbocycles. The minimum Gasteiger partial charge on any atom is -0.301 e. The fourth-order valence-corrected chi connectivity index (χ4v) is 1.27. The van der Waals surface area contributed by atoms with Gasteiger partial charge >= 0.3 is 0 Å². The minimum absolute atomic E-state index is 0.699. The van der Waals surface area contributed by atoms with E-state index >= 15 is 0 Å².